The molecular weight excluding hydrogens is 270 g/mol. The highest BCUT2D eigenvalue weighted by atomic mass is 16.1. The summed E-state index contributed by atoms with van der Waals surface area (Å²) >= 11 is 0. The van der Waals surface area contributed by atoms with Crippen LogP contribution in [0.4, 0.5) is 0 Å². The molecule has 4 aromatic rings. The van der Waals surface area contributed by atoms with Gasteiger partial charge in [-0.15, -0.1) is 5.10 Å². The summed E-state index contributed by atoms with van der Waals surface area (Å²) in [5, 5.41) is 23.4. The lowest BCUT2D eigenvalue weighted by Gasteiger charge is -2.03. The third-order valence-corrected chi connectivity index (χ3v) is 3.26. The number of hydrogen-bond acceptors (Lipinski definition) is 5. The van der Waals surface area contributed by atoms with E-state index in [1.807, 2.05) is 24.3 Å². The van der Waals surface area contributed by atoms with Crippen molar-refractivity contribution in [3.63, 3.8) is 0 Å². The van der Waals surface area contributed by atoms with Crippen molar-refractivity contribution in [1.29, 1.82) is 5.26 Å². The average Bonchev–Trinajstić information content (AvgIpc) is 3.12. The molecule has 8 heteroatoms. The number of nitriles is 1. The Morgan fingerprint density at radius 1 is 1.29 bits per heavy atom. The van der Waals surface area contributed by atoms with Gasteiger partial charge in [-0.05, 0) is 12.1 Å². The molecule has 100 valence electrons. The van der Waals surface area contributed by atoms with Gasteiger partial charge in [-0.25, -0.2) is 0 Å². The Balaban J connectivity index is 2.01. The van der Waals surface area contributed by atoms with Gasteiger partial charge in [0.05, 0.1) is 17.4 Å². The molecule has 0 fully saturated rings. The Morgan fingerprint density at radius 2 is 2.19 bits per heavy atom. The predicted molar refractivity (Wildman–Crippen MR) is 73.4 cm³/mol. The molecule has 1 aromatic carbocycles. The van der Waals surface area contributed by atoms with E-state index in [9.17, 15) is 4.79 Å². The second-order valence-corrected chi connectivity index (χ2v) is 4.50. The number of hydrogen-bond donors (Lipinski definition) is 2. The number of benzene rings is 1. The summed E-state index contributed by atoms with van der Waals surface area (Å²) < 4.78 is 1.16. The second-order valence-electron chi connectivity index (χ2n) is 4.50. The number of nitrogens with one attached hydrogen (secondary N) is 2. The van der Waals surface area contributed by atoms with Crippen molar-refractivity contribution in [1.82, 2.24) is 30.0 Å². The highest BCUT2D eigenvalue weighted by molar-refractivity contribution is 5.80. The van der Waals surface area contributed by atoms with Gasteiger partial charge in [-0.2, -0.15) is 14.9 Å². The van der Waals surface area contributed by atoms with Crippen molar-refractivity contribution in [2.75, 3.05) is 0 Å². The Morgan fingerprint density at radius 3 is 3.05 bits per heavy atom. The van der Waals surface area contributed by atoms with Gasteiger partial charge in [0.25, 0.3) is 5.56 Å². The SMILES string of the molecule is N#Cc1cnn2c(=O)cc(-c3ccc4[nH]nnc4c3)[nH]c12. The average molecular weight is 277 g/mol. The number of fused-ring (bicyclic) bond motifs is 2. The largest absolute Gasteiger partial charge is 0.338 e. The lowest BCUT2D eigenvalue weighted by molar-refractivity contribution is 0.901. The van der Waals surface area contributed by atoms with Gasteiger partial charge < -0.3 is 4.98 Å². The maximum atomic E-state index is 12.1. The molecule has 0 amide bonds. The van der Waals surface area contributed by atoms with Crippen molar-refractivity contribution in [3.05, 3.63) is 46.4 Å². The number of aromatic nitrogens is 6. The number of rotatable bonds is 1. The van der Waals surface area contributed by atoms with Gasteiger partial charge in [0.2, 0.25) is 0 Å². The minimum atomic E-state index is -0.305. The minimum absolute atomic E-state index is 0.305. The minimum Gasteiger partial charge on any atom is -0.338 e. The van der Waals surface area contributed by atoms with Crippen LogP contribution < -0.4 is 5.56 Å². The van der Waals surface area contributed by atoms with Crippen LogP contribution in [-0.2, 0) is 0 Å². The van der Waals surface area contributed by atoms with Crippen molar-refractivity contribution in [3.8, 4) is 17.3 Å². The number of aromatic amines is 2. The molecule has 2 N–H and O–H groups in total. The molecule has 21 heavy (non-hydrogen) atoms. The first-order chi connectivity index (χ1) is 10.3. The van der Waals surface area contributed by atoms with Gasteiger partial charge in [-0.3, -0.25) is 9.89 Å². The lowest BCUT2D eigenvalue weighted by atomic mass is 10.1. The van der Waals surface area contributed by atoms with Crippen LogP contribution in [0.3, 0.4) is 0 Å². The molecule has 0 aliphatic rings. The summed E-state index contributed by atoms with van der Waals surface area (Å²) in [6, 6.07) is 8.91. The summed E-state index contributed by atoms with van der Waals surface area (Å²) in [6.07, 6.45) is 1.36. The molecule has 3 heterocycles. The monoisotopic (exact) mass is 277 g/mol. The Bertz CT molecular complexity index is 1080. The standard InChI is InChI=1S/C13H7N7O/c14-5-8-6-15-20-12(21)4-10(16-13(8)20)7-1-2-9-11(3-7)18-19-17-9/h1-4,6,16H,(H,17,18,19). The van der Waals surface area contributed by atoms with E-state index in [1.165, 1.54) is 12.3 Å². The maximum absolute atomic E-state index is 12.1. The van der Waals surface area contributed by atoms with E-state index in [-0.39, 0.29) is 5.56 Å². The first kappa shape index (κ1) is 11.4. The summed E-state index contributed by atoms with van der Waals surface area (Å²) in [4.78, 5) is 15.1. The second kappa shape index (κ2) is 4.01. The van der Waals surface area contributed by atoms with Gasteiger partial charge >= 0.3 is 0 Å². The Kier molecular flexibility index (Phi) is 2.17. The van der Waals surface area contributed by atoms with E-state index in [0.717, 1.165) is 15.6 Å². The third-order valence-electron chi connectivity index (χ3n) is 3.26. The maximum Gasteiger partial charge on any atom is 0.274 e. The van der Waals surface area contributed by atoms with Crippen LogP contribution >= 0.6 is 0 Å². The van der Waals surface area contributed by atoms with E-state index in [0.29, 0.717) is 22.4 Å². The van der Waals surface area contributed by atoms with Crippen LogP contribution in [0.2, 0.25) is 0 Å². The summed E-state index contributed by atoms with van der Waals surface area (Å²) in [5.41, 5.74) is 3.26. The molecule has 8 nitrogen and oxygen atoms in total. The van der Waals surface area contributed by atoms with Crippen LogP contribution in [0.1, 0.15) is 5.56 Å². The molecule has 0 spiro atoms. The topological polar surface area (TPSA) is 116 Å². The van der Waals surface area contributed by atoms with E-state index < -0.39 is 0 Å². The van der Waals surface area contributed by atoms with E-state index in [2.05, 4.69) is 25.5 Å². The summed E-state index contributed by atoms with van der Waals surface area (Å²) in [5.74, 6) is 0. The van der Waals surface area contributed by atoms with E-state index in [1.54, 1.807) is 0 Å². The van der Waals surface area contributed by atoms with Crippen molar-refractivity contribution < 1.29 is 0 Å². The summed E-state index contributed by atoms with van der Waals surface area (Å²) in [6.45, 7) is 0. The van der Waals surface area contributed by atoms with Gasteiger partial charge in [0.1, 0.15) is 17.1 Å². The van der Waals surface area contributed by atoms with Crippen LogP contribution in [0.15, 0.2) is 35.3 Å². The van der Waals surface area contributed by atoms with Crippen molar-refractivity contribution >= 4 is 16.7 Å². The fourth-order valence-corrected chi connectivity index (χ4v) is 2.23. The quantitative estimate of drug-likeness (QED) is 0.534. The summed E-state index contributed by atoms with van der Waals surface area (Å²) in [7, 11) is 0. The Labute approximate surface area is 116 Å². The van der Waals surface area contributed by atoms with Gasteiger partial charge in [0.15, 0.2) is 5.65 Å². The smallest absolute Gasteiger partial charge is 0.274 e. The van der Waals surface area contributed by atoms with Crippen LogP contribution in [0.25, 0.3) is 27.9 Å². The predicted octanol–water partition coefficient (Wildman–Crippen LogP) is 0.833. The normalized spacial score (nSPS) is 11.0. The molecule has 0 saturated heterocycles. The highest BCUT2D eigenvalue weighted by Crippen LogP contribution is 2.20. The lowest BCUT2D eigenvalue weighted by Crippen LogP contribution is -2.14. The molecule has 3 aromatic heterocycles. The van der Waals surface area contributed by atoms with E-state index >= 15 is 0 Å². The van der Waals surface area contributed by atoms with Gasteiger partial charge in [-0.1, -0.05) is 11.3 Å². The molecule has 0 aliphatic carbocycles. The molecule has 0 bridgehead atoms. The zero-order valence-electron chi connectivity index (χ0n) is 10.5. The Hall–Kier alpha value is -3.47. The van der Waals surface area contributed by atoms with Crippen LogP contribution in [0.5, 0.6) is 0 Å². The fourth-order valence-electron chi connectivity index (χ4n) is 2.23. The number of nitrogens with zero attached hydrogens (tertiary/aromatic N) is 5. The highest BCUT2D eigenvalue weighted by Gasteiger charge is 2.10. The van der Waals surface area contributed by atoms with Crippen LogP contribution in [-0.4, -0.2) is 30.0 Å². The number of H-pyrrole nitrogens is 2. The van der Waals surface area contributed by atoms with E-state index in [4.69, 9.17) is 5.26 Å². The first-order valence-corrected chi connectivity index (χ1v) is 6.08. The van der Waals surface area contributed by atoms with Crippen LogP contribution in [0, 0.1) is 11.3 Å². The van der Waals surface area contributed by atoms with Crippen molar-refractivity contribution in [2.45, 2.75) is 0 Å². The molecule has 0 unspecified atom stereocenters. The molecule has 4 rings (SSSR count). The first-order valence-electron chi connectivity index (χ1n) is 6.08. The fraction of sp³-hybridized carbons (Fsp3) is 0. The molecule has 0 saturated carbocycles. The molecule has 0 atom stereocenters. The van der Waals surface area contributed by atoms with Gasteiger partial charge in [0, 0.05) is 11.6 Å². The zero-order valence-corrected chi connectivity index (χ0v) is 10.5. The zero-order chi connectivity index (χ0) is 14.4. The van der Waals surface area contributed by atoms with Crippen molar-refractivity contribution in [2.24, 2.45) is 0 Å². The molecule has 0 radical (unpaired) electrons. The third kappa shape index (κ3) is 1.61. The molecular formula is C13H7N7O. The molecule has 0 aliphatic heterocycles.